The molecule has 0 aliphatic heterocycles. The Morgan fingerprint density at radius 1 is 1.17 bits per heavy atom. The van der Waals surface area contributed by atoms with Gasteiger partial charge in [0.1, 0.15) is 10.3 Å². The molecule has 4 nitrogen and oxygen atoms in total. The Labute approximate surface area is 151 Å². The molecule has 3 rings (SSSR count). The van der Waals surface area contributed by atoms with Crippen molar-refractivity contribution in [1.82, 2.24) is 15.5 Å². The third kappa shape index (κ3) is 4.80. The van der Waals surface area contributed by atoms with Gasteiger partial charge in [-0.3, -0.25) is 4.79 Å². The zero-order valence-corrected chi connectivity index (χ0v) is 15.5. The molecule has 0 radical (unpaired) electrons. The summed E-state index contributed by atoms with van der Waals surface area (Å²) in [6, 6.07) is 10.3. The Bertz CT molecular complexity index is 651. The summed E-state index contributed by atoms with van der Waals surface area (Å²) in [4.78, 5) is 13.0. The fourth-order valence-corrected chi connectivity index (χ4v) is 5.05. The molecule has 1 saturated carbocycles. The van der Waals surface area contributed by atoms with E-state index < -0.39 is 0 Å². The summed E-state index contributed by atoms with van der Waals surface area (Å²) < 4.78 is 0.845. The lowest BCUT2D eigenvalue weighted by Gasteiger charge is -2.21. The zero-order chi connectivity index (χ0) is 16.8. The van der Waals surface area contributed by atoms with Crippen molar-refractivity contribution in [2.75, 3.05) is 0 Å². The minimum absolute atomic E-state index is 0.0888. The molecule has 1 aromatic carbocycles. The average Bonchev–Trinajstić information content (AvgIpc) is 2.84. The number of aryl methyl sites for hydroxylation is 1. The first-order valence-corrected chi connectivity index (χ1v) is 10.2. The molecular weight excluding hydrogens is 338 g/mol. The molecule has 1 amide bonds. The van der Waals surface area contributed by atoms with E-state index in [1.165, 1.54) is 48.8 Å². The first-order valence-electron chi connectivity index (χ1n) is 8.54. The van der Waals surface area contributed by atoms with Crippen molar-refractivity contribution in [3.05, 3.63) is 40.9 Å². The third-order valence-corrected chi connectivity index (χ3v) is 6.45. The van der Waals surface area contributed by atoms with Crippen molar-refractivity contribution in [3.63, 3.8) is 0 Å². The molecule has 1 heterocycles. The van der Waals surface area contributed by atoms with Gasteiger partial charge in [0, 0.05) is 6.04 Å². The van der Waals surface area contributed by atoms with E-state index >= 15 is 0 Å². The lowest BCUT2D eigenvalue weighted by atomic mass is 10.1. The van der Waals surface area contributed by atoms with Crippen molar-refractivity contribution in [3.8, 4) is 0 Å². The second-order valence-corrected chi connectivity index (χ2v) is 8.73. The molecular formula is C18H23N3OS2. The number of rotatable bonds is 5. The van der Waals surface area contributed by atoms with E-state index in [-0.39, 0.29) is 11.2 Å². The number of carbonyl (C=O) groups excluding carboxylic acids is 1. The number of amides is 1. The molecule has 128 valence electrons. The SMILES string of the molecule is Cc1nnc(SC(C(=O)NC2CCCCCC2)c2ccccc2)s1. The average molecular weight is 362 g/mol. The Morgan fingerprint density at radius 2 is 1.88 bits per heavy atom. The summed E-state index contributed by atoms with van der Waals surface area (Å²) in [6.45, 7) is 1.94. The zero-order valence-electron chi connectivity index (χ0n) is 13.9. The summed E-state index contributed by atoms with van der Waals surface area (Å²) >= 11 is 3.04. The molecule has 1 fully saturated rings. The van der Waals surface area contributed by atoms with Gasteiger partial charge >= 0.3 is 0 Å². The van der Waals surface area contributed by atoms with Gasteiger partial charge in [-0.15, -0.1) is 10.2 Å². The van der Waals surface area contributed by atoms with E-state index in [2.05, 4.69) is 15.5 Å². The van der Waals surface area contributed by atoms with Crippen LogP contribution in [0.4, 0.5) is 0 Å². The normalized spacial score (nSPS) is 17.2. The van der Waals surface area contributed by atoms with Crippen LogP contribution in [-0.2, 0) is 4.79 Å². The third-order valence-electron chi connectivity index (χ3n) is 4.27. The van der Waals surface area contributed by atoms with Crippen LogP contribution in [0.1, 0.15) is 54.3 Å². The highest BCUT2D eigenvalue weighted by atomic mass is 32.2. The number of aromatic nitrogens is 2. The lowest BCUT2D eigenvalue weighted by Crippen LogP contribution is -2.37. The highest BCUT2D eigenvalue weighted by molar-refractivity contribution is 8.01. The molecule has 0 bridgehead atoms. The minimum Gasteiger partial charge on any atom is -0.352 e. The van der Waals surface area contributed by atoms with Crippen LogP contribution in [0.5, 0.6) is 0 Å². The number of thioether (sulfide) groups is 1. The number of hydrogen-bond acceptors (Lipinski definition) is 5. The van der Waals surface area contributed by atoms with Gasteiger partial charge in [0.15, 0.2) is 4.34 Å². The van der Waals surface area contributed by atoms with Gasteiger partial charge in [0.05, 0.1) is 0 Å². The van der Waals surface area contributed by atoms with Gasteiger partial charge in [-0.2, -0.15) is 0 Å². The second kappa shape index (κ2) is 8.62. The van der Waals surface area contributed by atoms with E-state index in [1.54, 1.807) is 0 Å². The van der Waals surface area contributed by atoms with Crippen molar-refractivity contribution >= 4 is 29.0 Å². The largest absolute Gasteiger partial charge is 0.352 e. The van der Waals surface area contributed by atoms with E-state index in [4.69, 9.17) is 0 Å². The lowest BCUT2D eigenvalue weighted by molar-refractivity contribution is -0.121. The summed E-state index contributed by atoms with van der Waals surface area (Å²) in [5.41, 5.74) is 1.02. The smallest absolute Gasteiger partial charge is 0.238 e. The van der Waals surface area contributed by atoms with Gasteiger partial charge in [0.2, 0.25) is 5.91 Å². The molecule has 6 heteroatoms. The van der Waals surface area contributed by atoms with E-state index in [0.29, 0.717) is 6.04 Å². The number of nitrogens with one attached hydrogen (secondary N) is 1. The van der Waals surface area contributed by atoms with Crippen LogP contribution in [0.15, 0.2) is 34.7 Å². The molecule has 1 unspecified atom stereocenters. The Hall–Kier alpha value is -1.40. The molecule has 2 aromatic rings. The summed E-state index contributed by atoms with van der Waals surface area (Å²) in [6.07, 6.45) is 7.18. The molecule has 1 aliphatic carbocycles. The fourth-order valence-electron chi connectivity index (χ4n) is 3.03. The summed E-state index contributed by atoms with van der Waals surface area (Å²) in [5.74, 6) is 0.0888. The predicted molar refractivity (Wildman–Crippen MR) is 99.3 cm³/mol. The highest BCUT2D eigenvalue weighted by Crippen LogP contribution is 2.37. The van der Waals surface area contributed by atoms with Crippen molar-refractivity contribution in [2.45, 2.75) is 61.1 Å². The summed E-state index contributed by atoms with van der Waals surface area (Å²) in [7, 11) is 0. The van der Waals surface area contributed by atoms with Crippen LogP contribution in [0, 0.1) is 6.92 Å². The maximum absolute atomic E-state index is 13.0. The number of nitrogens with zero attached hydrogens (tertiary/aromatic N) is 2. The van der Waals surface area contributed by atoms with Crippen LogP contribution in [0.2, 0.25) is 0 Å². The maximum atomic E-state index is 13.0. The first kappa shape index (κ1) is 17.4. The maximum Gasteiger partial charge on any atom is 0.238 e. The monoisotopic (exact) mass is 361 g/mol. The van der Waals surface area contributed by atoms with Crippen molar-refractivity contribution < 1.29 is 4.79 Å². The van der Waals surface area contributed by atoms with E-state index in [0.717, 1.165) is 27.8 Å². The quantitative estimate of drug-likeness (QED) is 0.628. The molecule has 0 saturated heterocycles. The predicted octanol–water partition coefficient (Wildman–Crippen LogP) is 4.52. The van der Waals surface area contributed by atoms with Crippen LogP contribution in [0.3, 0.4) is 0 Å². The van der Waals surface area contributed by atoms with Crippen molar-refractivity contribution in [2.24, 2.45) is 0 Å². The fraction of sp³-hybridized carbons (Fsp3) is 0.500. The van der Waals surface area contributed by atoms with Crippen molar-refractivity contribution in [1.29, 1.82) is 0 Å². The van der Waals surface area contributed by atoms with Crippen LogP contribution in [-0.4, -0.2) is 22.1 Å². The van der Waals surface area contributed by atoms with E-state index in [1.807, 2.05) is 37.3 Å². The van der Waals surface area contributed by atoms with Gasteiger partial charge in [-0.05, 0) is 25.3 Å². The summed E-state index contributed by atoms with van der Waals surface area (Å²) in [5, 5.41) is 12.2. The Morgan fingerprint density at radius 3 is 2.50 bits per heavy atom. The van der Waals surface area contributed by atoms with Gasteiger partial charge in [-0.1, -0.05) is 79.1 Å². The van der Waals surface area contributed by atoms with Gasteiger partial charge < -0.3 is 5.32 Å². The Balaban J connectivity index is 1.74. The molecule has 24 heavy (non-hydrogen) atoms. The molecule has 0 spiro atoms. The number of carbonyl (C=O) groups is 1. The molecule has 1 aliphatic rings. The first-order chi connectivity index (χ1) is 11.7. The number of hydrogen-bond donors (Lipinski definition) is 1. The second-order valence-electron chi connectivity index (χ2n) is 6.19. The van der Waals surface area contributed by atoms with Gasteiger partial charge in [-0.25, -0.2) is 0 Å². The topological polar surface area (TPSA) is 54.9 Å². The standard InChI is InChI=1S/C18H23N3OS2/c1-13-20-21-18(23-13)24-16(14-9-5-4-6-10-14)17(22)19-15-11-7-2-3-8-12-15/h4-6,9-10,15-16H,2-3,7-8,11-12H2,1H3,(H,19,22). The van der Waals surface area contributed by atoms with Crippen LogP contribution >= 0.6 is 23.1 Å². The van der Waals surface area contributed by atoms with Crippen LogP contribution in [0.25, 0.3) is 0 Å². The highest BCUT2D eigenvalue weighted by Gasteiger charge is 2.26. The Kier molecular flexibility index (Phi) is 6.26. The van der Waals surface area contributed by atoms with Gasteiger partial charge in [0.25, 0.3) is 0 Å². The van der Waals surface area contributed by atoms with Crippen LogP contribution < -0.4 is 5.32 Å². The van der Waals surface area contributed by atoms with E-state index in [9.17, 15) is 4.79 Å². The molecule has 1 N–H and O–H groups in total. The molecule has 1 atom stereocenters. The minimum atomic E-state index is -0.276. The number of benzene rings is 1. The molecule has 1 aromatic heterocycles.